The summed E-state index contributed by atoms with van der Waals surface area (Å²) in [5, 5.41) is 21.0. The van der Waals surface area contributed by atoms with Crippen LogP contribution in [0.2, 0.25) is 0 Å². The highest BCUT2D eigenvalue weighted by Gasteiger charge is 2.18. The third-order valence-corrected chi connectivity index (χ3v) is 3.57. The van der Waals surface area contributed by atoms with Gasteiger partial charge in [0.1, 0.15) is 11.5 Å². The molecule has 0 spiro atoms. The molecule has 0 aliphatic heterocycles. The summed E-state index contributed by atoms with van der Waals surface area (Å²) < 4.78 is 0. The zero-order valence-electron chi connectivity index (χ0n) is 13.4. The van der Waals surface area contributed by atoms with Crippen LogP contribution in [-0.2, 0) is 6.54 Å². The molecule has 3 rings (SSSR count). The van der Waals surface area contributed by atoms with Crippen LogP contribution in [0, 0.1) is 17.0 Å². The lowest BCUT2D eigenvalue weighted by molar-refractivity contribution is -0.384. The molecule has 0 atom stereocenters. The summed E-state index contributed by atoms with van der Waals surface area (Å²) in [5.74, 6) is 0.895. The minimum atomic E-state index is -0.521. The molecule has 0 saturated carbocycles. The molecule has 0 saturated heterocycles. The van der Waals surface area contributed by atoms with Crippen LogP contribution >= 0.6 is 0 Å². The summed E-state index contributed by atoms with van der Waals surface area (Å²) in [4.78, 5) is 27.4. The molecule has 0 amide bonds. The quantitative estimate of drug-likeness (QED) is 0.406. The number of hydrogen-bond acceptors (Lipinski definition) is 6. The summed E-state index contributed by atoms with van der Waals surface area (Å²) >= 11 is 0. The van der Waals surface area contributed by atoms with Crippen molar-refractivity contribution in [3.05, 3.63) is 81.4 Å². The zero-order chi connectivity index (χ0) is 17.8. The number of aromatic amines is 1. The van der Waals surface area contributed by atoms with Gasteiger partial charge < -0.3 is 5.32 Å². The third-order valence-electron chi connectivity index (χ3n) is 3.57. The van der Waals surface area contributed by atoms with Crippen molar-refractivity contribution >= 4 is 17.2 Å². The van der Waals surface area contributed by atoms with Gasteiger partial charge in [-0.05, 0) is 19.1 Å². The maximum absolute atomic E-state index is 12.4. The van der Waals surface area contributed by atoms with E-state index < -0.39 is 4.92 Å². The van der Waals surface area contributed by atoms with Gasteiger partial charge >= 0.3 is 0 Å². The molecule has 3 aromatic rings. The first kappa shape index (κ1) is 16.3. The minimum Gasteiger partial charge on any atom is -0.372 e. The number of nitro benzene ring substituents is 1. The average molecular weight is 337 g/mol. The maximum atomic E-state index is 12.4. The SMILES string of the molecule is Cc1nc(CNc2ccc(C(=O)c3ccccc3)cc2[N+](=O)[O-])n[nH]1. The minimum absolute atomic E-state index is 0.172. The summed E-state index contributed by atoms with van der Waals surface area (Å²) in [6.07, 6.45) is 0. The van der Waals surface area contributed by atoms with E-state index in [4.69, 9.17) is 0 Å². The van der Waals surface area contributed by atoms with Gasteiger partial charge in [0.05, 0.1) is 11.5 Å². The molecule has 0 bridgehead atoms. The van der Waals surface area contributed by atoms with Gasteiger partial charge in [-0.2, -0.15) is 5.10 Å². The Balaban J connectivity index is 1.85. The monoisotopic (exact) mass is 337 g/mol. The topological polar surface area (TPSA) is 114 Å². The first-order valence-corrected chi connectivity index (χ1v) is 7.54. The number of ketones is 1. The third kappa shape index (κ3) is 3.69. The van der Waals surface area contributed by atoms with Gasteiger partial charge in [0, 0.05) is 17.2 Å². The molecule has 0 unspecified atom stereocenters. The van der Waals surface area contributed by atoms with Crippen molar-refractivity contribution in [1.82, 2.24) is 15.2 Å². The number of aromatic nitrogens is 3. The summed E-state index contributed by atoms with van der Waals surface area (Å²) in [6.45, 7) is 2.00. The number of nitrogens with one attached hydrogen (secondary N) is 2. The molecular weight excluding hydrogens is 322 g/mol. The van der Waals surface area contributed by atoms with Crippen LogP contribution < -0.4 is 5.32 Å². The number of aryl methyl sites for hydroxylation is 1. The van der Waals surface area contributed by atoms with E-state index in [0.29, 0.717) is 22.9 Å². The van der Waals surface area contributed by atoms with Crippen LogP contribution in [0.1, 0.15) is 27.6 Å². The first-order chi connectivity index (χ1) is 12.0. The van der Waals surface area contributed by atoms with Crippen molar-refractivity contribution in [3.63, 3.8) is 0 Å². The van der Waals surface area contributed by atoms with Crippen LogP contribution in [0.15, 0.2) is 48.5 Å². The molecule has 8 nitrogen and oxygen atoms in total. The number of carbonyl (C=O) groups excluding carboxylic acids is 1. The Bertz CT molecular complexity index is 921. The van der Waals surface area contributed by atoms with Crippen molar-refractivity contribution < 1.29 is 9.72 Å². The molecule has 0 aliphatic carbocycles. The van der Waals surface area contributed by atoms with Gasteiger partial charge in [-0.3, -0.25) is 20.0 Å². The number of nitrogens with zero attached hydrogens (tertiary/aromatic N) is 3. The number of carbonyl (C=O) groups is 1. The highest BCUT2D eigenvalue weighted by Crippen LogP contribution is 2.27. The Hall–Kier alpha value is -3.55. The van der Waals surface area contributed by atoms with E-state index in [0.717, 1.165) is 0 Å². The maximum Gasteiger partial charge on any atom is 0.293 e. The zero-order valence-corrected chi connectivity index (χ0v) is 13.4. The van der Waals surface area contributed by atoms with Gasteiger partial charge in [-0.1, -0.05) is 30.3 Å². The summed E-state index contributed by atoms with van der Waals surface area (Å²) in [5.41, 5.74) is 0.872. The van der Waals surface area contributed by atoms with E-state index in [1.54, 1.807) is 43.3 Å². The fourth-order valence-electron chi connectivity index (χ4n) is 2.37. The summed E-state index contributed by atoms with van der Waals surface area (Å²) in [6, 6.07) is 13.0. The standard InChI is InChI=1S/C17H15N5O3/c1-11-19-16(21-20-11)10-18-14-8-7-13(9-15(14)22(24)25)17(23)12-5-3-2-4-6-12/h2-9,18H,10H2,1H3,(H,19,20,21). The fraction of sp³-hybridized carbons (Fsp3) is 0.118. The smallest absolute Gasteiger partial charge is 0.293 e. The predicted octanol–water partition coefficient (Wildman–Crippen LogP) is 2.86. The molecule has 126 valence electrons. The van der Waals surface area contributed by atoms with Crippen molar-refractivity contribution in [2.24, 2.45) is 0 Å². The Morgan fingerprint density at radius 2 is 1.96 bits per heavy atom. The van der Waals surface area contributed by atoms with Gasteiger partial charge in [0.25, 0.3) is 5.69 Å². The van der Waals surface area contributed by atoms with Crippen LogP contribution in [-0.4, -0.2) is 25.9 Å². The van der Waals surface area contributed by atoms with E-state index >= 15 is 0 Å². The molecule has 1 aromatic heterocycles. The number of rotatable bonds is 6. The fourth-order valence-corrected chi connectivity index (χ4v) is 2.37. The van der Waals surface area contributed by atoms with Crippen LogP contribution in [0.4, 0.5) is 11.4 Å². The van der Waals surface area contributed by atoms with Crippen molar-refractivity contribution in [3.8, 4) is 0 Å². The van der Waals surface area contributed by atoms with E-state index in [9.17, 15) is 14.9 Å². The van der Waals surface area contributed by atoms with Crippen LogP contribution in [0.5, 0.6) is 0 Å². The Morgan fingerprint density at radius 1 is 1.20 bits per heavy atom. The van der Waals surface area contributed by atoms with E-state index in [1.165, 1.54) is 12.1 Å². The second-order valence-electron chi connectivity index (χ2n) is 5.37. The van der Waals surface area contributed by atoms with Gasteiger partial charge in [0.2, 0.25) is 0 Å². The lowest BCUT2D eigenvalue weighted by Crippen LogP contribution is -2.07. The average Bonchev–Trinajstić information content (AvgIpc) is 3.05. The summed E-state index contributed by atoms with van der Waals surface area (Å²) in [7, 11) is 0. The number of anilines is 1. The predicted molar refractivity (Wildman–Crippen MR) is 91.4 cm³/mol. The first-order valence-electron chi connectivity index (χ1n) is 7.54. The van der Waals surface area contributed by atoms with Gasteiger partial charge in [-0.15, -0.1) is 0 Å². The highest BCUT2D eigenvalue weighted by molar-refractivity contribution is 6.09. The van der Waals surface area contributed by atoms with E-state index in [-0.39, 0.29) is 23.6 Å². The number of hydrogen-bond donors (Lipinski definition) is 2. The lowest BCUT2D eigenvalue weighted by atomic mass is 10.0. The molecule has 25 heavy (non-hydrogen) atoms. The molecule has 2 aromatic carbocycles. The van der Waals surface area contributed by atoms with Crippen molar-refractivity contribution in [2.75, 3.05) is 5.32 Å². The van der Waals surface area contributed by atoms with E-state index in [1.807, 2.05) is 0 Å². The second-order valence-corrected chi connectivity index (χ2v) is 5.37. The van der Waals surface area contributed by atoms with Crippen LogP contribution in [0.3, 0.4) is 0 Å². The lowest BCUT2D eigenvalue weighted by Gasteiger charge is -2.07. The largest absolute Gasteiger partial charge is 0.372 e. The van der Waals surface area contributed by atoms with E-state index in [2.05, 4.69) is 20.5 Å². The molecule has 0 fully saturated rings. The second kappa shape index (κ2) is 6.91. The number of nitro groups is 1. The molecular formula is C17H15N5O3. The molecule has 0 aliphatic rings. The molecule has 2 N–H and O–H groups in total. The molecule has 1 heterocycles. The molecule has 0 radical (unpaired) electrons. The van der Waals surface area contributed by atoms with Crippen molar-refractivity contribution in [1.29, 1.82) is 0 Å². The number of benzene rings is 2. The Labute approximate surface area is 143 Å². The van der Waals surface area contributed by atoms with Crippen LogP contribution in [0.25, 0.3) is 0 Å². The normalized spacial score (nSPS) is 10.4. The van der Waals surface area contributed by atoms with Gasteiger partial charge in [-0.25, -0.2) is 4.98 Å². The Kier molecular flexibility index (Phi) is 4.51. The highest BCUT2D eigenvalue weighted by atomic mass is 16.6. The molecule has 8 heteroatoms. The Morgan fingerprint density at radius 3 is 2.60 bits per heavy atom. The number of H-pyrrole nitrogens is 1. The van der Waals surface area contributed by atoms with Gasteiger partial charge in [0.15, 0.2) is 11.6 Å². The van der Waals surface area contributed by atoms with Crippen molar-refractivity contribution in [2.45, 2.75) is 13.5 Å².